The number of amides is 2. The summed E-state index contributed by atoms with van der Waals surface area (Å²) in [6, 6.07) is 14.8. The van der Waals surface area contributed by atoms with Crippen LogP contribution in [0.1, 0.15) is 48.8 Å². The van der Waals surface area contributed by atoms with Gasteiger partial charge in [0.15, 0.2) is 11.4 Å². The molecule has 2 aliphatic heterocycles. The third kappa shape index (κ3) is 7.35. The lowest BCUT2D eigenvalue weighted by molar-refractivity contribution is -0.268. The molecule has 1 aromatic heterocycles. The number of nitrogens with zero attached hydrogens (tertiary/aromatic N) is 3. The molecule has 2 amide bonds. The van der Waals surface area contributed by atoms with Gasteiger partial charge >= 0.3 is 12.1 Å². The highest BCUT2D eigenvalue weighted by Gasteiger charge is 2.47. The van der Waals surface area contributed by atoms with Gasteiger partial charge in [0.2, 0.25) is 5.91 Å². The standard InChI is InChI=1S/C30H31F3N4O5S/c1-18-24(17-43-29-34-13-3-14-35-29)41-27(42-25(18)20-7-5-19(16-38)6-8-20)21-9-11-22(12-10-21)36-26(39)23-4-2-15-37(23)28(40)30(31,32)33/h3,5-14,18,23-25,27,38H,2,4,15-17H2,1H3,(H,36,39). The van der Waals surface area contributed by atoms with Crippen molar-refractivity contribution in [3.05, 3.63) is 83.7 Å². The van der Waals surface area contributed by atoms with Crippen molar-refractivity contribution in [1.82, 2.24) is 14.9 Å². The molecule has 2 aliphatic rings. The van der Waals surface area contributed by atoms with Crippen molar-refractivity contribution in [2.24, 2.45) is 5.92 Å². The van der Waals surface area contributed by atoms with Gasteiger partial charge < -0.3 is 24.8 Å². The molecule has 0 spiro atoms. The second-order valence-electron chi connectivity index (χ2n) is 10.4. The molecule has 2 fully saturated rings. The monoisotopic (exact) mass is 616 g/mol. The first kappa shape index (κ1) is 30.9. The highest BCUT2D eigenvalue weighted by Crippen LogP contribution is 2.43. The molecule has 0 radical (unpaired) electrons. The van der Waals surface area contributed by atoms with Crippen LogP contribution in [0.5, 0.6) is 0 Å². The summed E-state index contributed by atoms with van der Waals surface area (Å²) in [5, 5.41) is 12.7. The largest absolute Gasteiger partial charge is 0.471 e. The zero-order chi connectivity index (χ0) is 30.6. The van der Waals surface area contributed by atoms with Crippen LogP contribution >= 0.6 is 11.8 Å². The molecule has 2 saturated heterocycles. The number of hydrogen-bond donors (Lipinski definition) is 2. The van der Waals surface area contributed by atoms with Gasteiger partial charge in [0.25, 0.3) is 0 Å². The average Bonchev–Trinajstić information content (AvgIpc) is 3.51. The number of ether oxygens (including phenoxy) is 2. The van der Waals surface area contributed by atoms with Crippen LogP contribution in [0.3, 0.4) is 0 Å². The minimum Gasteiger partial charge on any atom is -0.392 e. The zero-order valence-electron chi connectivity index (χ0n) is 23.2. The average molecular weight is 617 g/mol. The molecule has 0 aliphatic carbocycles. The second-order valence-corrected chi connectivity index (χ2v) is 11.4. The molecule has 43 heavy (non-hydrogen) atoms. The molecule has 5 rings (SSSR count). The molecule has 3 aromatic rings. The first-order chi connectivity index (χ1) is 20.6. The van der Waals surface area contributed by atoms with Gasteiger partial charge in [-0.15, -0.1) is 0 Å². The van der Waals surface area contributed by atoms with Gasteiger partial charge in [-0.05, 0) is 42.2 Å². The van der Waals surface area contributed by atoms with E-state index in [1.54, 1.807) is 42.7 Å². The lowest BCUT2D eigenvalue weighted by atomic mass is 9.91. The van der Waals surface area contributed by atoms with Crippen LogP contribution in [0, 0.1) is 5.92 Å². The first-order valence-corrected chi connectivity index (χ1v) is 14.8. The topological polar surface area (TPSA) is 114 Å². The van der Waals surface area contributed by atoms with Gasteiger partial charge in [0.05, 0.1) is 18.8 Å². The van der Waals surface area contributed by atoms with Gasteiger partial charge in [-0.3, -0.25) is 9.59 Å². The Hall–Kier alpha value is -3.52. The minimum absolute atomic E-state index is 0.0419. The minimum atomic E-state index is -5.04. The number of anilines is 1. The fourth-order valence-corrected chi connectivity index (χ4v) is 6.19. The van der Waals surface area contributed by atoms with Gasteiger partial charge in [0.1, 0.15) is 6.04 Å². The number of benzene rings is 2. The molecule has 228 valence electrons. The van der Waals surface area contributed by atoms with Crippen LogP contribution in [0.4, 0.5) is 18.9 Å². The predicted molar refractivity (Wildman–Crippen MR) is 152 cm³/mol. The Morgan fingerprint density at radius 1 is 1.05 bits per heavy atom. The van der Waals surface area contributed by atoms with Crippen molar-refractivity contribution in [1.29, 1.82) is 0 Å². The maximum Gasteiger partial charge on any atom is 0.471 e. The number of carbonyl (C=O) groups excluding carboxylic acids is 2. The molecule has 2 aromatic carbocycles. The Kier molecular flexibility index (Phi) is 9.65. The van der Waals surface area contributed by atoms with Crippen LogP contribution in [0.2, 0.25) is 0 Å². The zero-order valence-corrected chi connectivity index (χ0v) is 24.1. The van der Waals surface area contributed by atoms with Gasteiger partial charge in [0, 0.05) is 41.9 Å². The molecule has 0 bridgehead atoms. The highest BCUT2D eigenvalue weighted by atomic mass is 32.2. The number of aliphatic hydroxyl groups is 1. The van der Waals surface area contributed by atoms with Crippen molar-refractivity contribution in [2.45, 2.75) is 62.2 Å². The summed E-state index contributed by atoms with van der Waals surface area (Å²) in [4.78, 5) is 33.7. The lowest BCUT2D eigenvalue weighted by Crippen LogP contribution is -2.48. The summed E-state index contributed by atoms with van der Waals surface area (Å²) < 4.78 is 51.8. The van der Waals surface area contributed by atoms with Crippen LogP contribution in [-0.2, 0) is 25.7 Å². The lowest BCUT2D eigenvalue weighted by Gasteiger charge is -2.41. The quantitative estimate of drug-likeness (QED) is 0.267. The number of halogens is 3. The van der Waals surface area contributed by atoms with E-state index in [-0.39, 0.29) is 37.7 Å². The van der Waals surface area contributed by atoms with Crippen LogP contribution in [0.15, 0.2) is 72.1 Å². The summed E-state index contributed by atoms with van der Waals surface area (Å²) >= 11 is 1.47. The summed E-state index contributed by atoms with van der Waals surface area (Å²) in [5.74, 6) is -2.15. The number of aliphatic hydroxyl groups excluding tert-OH is 1. The Labute approximate surface area is 250 Å². The van der Waals surface area contributed by atoms with Crippen molar-refractivity contribution in [3.63, 3.8) is 0 Å². The van der Waals surface area contributed by atoms with E-state index in [2.05, 4.69) is 15.3 Å². The molecule has 5 atom stereocenters. The number of alkyl halides is 3. The Morgan fingerprint density at radius 3 is 2.37 bits per heavy atom. The van der Waals surface area contributed by atoms with Crippen molar-refractivity contribution in [2.75, 3.05) is 17.6 Å². The number of likely N-dealkylation sites (tertiary alicyclic amines) is 1. The van der Waals surface area contributed by atoms with E-state index in [4.69, 9.17) is 9.47 Å². The maximum atomic E-state index is 13.0. The molecule has 13 heteroatoms. The number of nitrogens with one attached hydrogen (secondary N) is 1. The van der Waals surface area contributed by atoms with E-state index in [0.717, 1.165) is 11.1 Å². The Morgan fingerprint density at radius 2 is 1.72 bits per heavy atom. The maximum absolute atomic E-state index is 13.0. The number of carbonyl (C=O) groups is 2. The molecular formula is C30H31F3N4O5S. The fourth-order valence-electron chi connectivity index (χ4n) is 5.22. The van der Waals surface area contributed by atoms with E-state index < -0.39 is 30.3 Å². The van der Waals surface area contributed by atoms with E-state index in [9.17, 15) is 27.9 Å². The van der Waals surface area contributed by atoms with E-state index in [1.807, 2.05) is 31.2 Å². The Balaban J connectivity index is 1.30. The third-order valence-corrected chi connectivity index (χ3v) is 8.52. The van der Waals surface area contributed by atoms with Crippen LogP contribution in [-0.4, -0.2) is 62.4 Å². The van der Waals surface area contributed by atoms with Crippen LogP contribution in [0.25, 0.3) is 0 Å². The molecular weight excluding hydrogens is 585 g/mol. The Bertz CT molecular complexity index is 1400. The number of aromatic nitrogens is 2. The predicted octanol–water partition coefficient (Wildman–Crippen LogP) is 5.04. The number of hydrogen-bond acceptors (Lipinski definition) is 8. The van der Waals surface area contributed by atoms with Crippen molar-refractivity contribution >= 4 is 29.3 Å². The smallest absolute Gasteiger partial charge is 0.392 e. The van der Waals surface area contributed by atoms with E-state index in [1.165, 1.54) is 11.8 Å². The van der Waals surface area contributed by atoms with E-state index in [0.29, 0.717) is 33.5 Å². The first-order valence-electron chi connectivity index (χ1n) is 13.8. The van der Waals surface area contributed by atoms with Crippen LogP contribution < -0.4 is 5.32 Å². The summed E-state index contributed by atoms with van der Waals surface area (Å²) in [6.07, 6.45) is -2.53. The number of thioether (sulfide) groups is 1. The van der Waals surface area contributed by atoms with Gasteiger partial charge in [-0.25, -0.2) is 9.97 Å². The fraction of sp³-hybridized carbons (Fsp3) is 0.400. The number of rotatable bonds is 8. The second kappa shape index (κ2) is 13.4. The summed E-state index contributed by atoms with van der Waals surface area (Å²) in [7, 11) is 0. The van der Waals surface area contributed by atoms with E-state index >= 15 is 0 Å². The van der Waals surface area contributed by atoms with Gasteiger partial charge in [-0.1, -0.05) is 55.1 Å². The van der Waals surface area contributed by atoms with Gasteiger partial charge in [-0.2, -0.15) is 13.2 Å². The highest BCUT2D eigenvalue weighted by molar-refractivity contribution is 7.99. The summed E-state index contributed by atoms with van der Waals surface area (Å²) in [5.41, 5.74) is 2.77. The third-order valence-electron chi connectivity index (χ3n) is 7.55. The normalized spacial score (nSPS) is 24.1. The van der Waals surface area contributed by atoms with Crippen molar-refractivity contribution in [3.8, 4) is 0 Å². The SMILES string of the molecule is CC1C(CSc2ncccn2)OC(c2ccc(NC(=O)C3CCCN3C(=O)C(F)(F)F)cc2)OC1c1ccc(CO)cc1. The molecule has 9 nitrogen and oxygen atoms in total. The molecule has 3 heterocycles. The van der Waals surface area contributed by atoms with Crippen molar-refractivity contribution < 1.29 is 37.3 Å². The summed E-state index contributed by atoms with van der Waals surface area (Å²) in [6.45, 7) is 1.86. The molecule has 0 saturated carbocycles. The molecule has 2 N–H and O–H groups in total. The molecule has 5 unspecified atom stereocenters.